The highest BCUT2D eigenvalue weighted by Crippen LogP contribution is 2.26. The van der Waals surface area contributed by atoms with Gasteiger partial charge in [0.2, 0.25) is 0 Å². The molecule has 19 heavy (non-hydrogen) atoms. The number of carbonyl (C=O) groups is 2. The first-order valence-electron chi connectivity index (χ1n) is 5.60. The van der Waals surface area contributed by atoms with E-state index in [0.29, 0.717) is 5.75 Å². The summed E-state index contributed by atoms with van der Waals surface area (Å²) in [4.78, 5) is 24.4. The zero-order valence-electron chi connectivity index (χ0n) is 11.3. The van der Waals surface area contributed by atoms with Crippen LogP contribution in [0.2, 0.25) is 0 Å². The van der Waals surface area contributed by atoms with E-state index in [1.807, 2.05) is 0 Å². The first-order chi connectivity index (χ1) is 8.71. The predicted molar refractivity (Wildman–Crippen MR) is 68.5 cm³/mol. The second-order valence-electron chi connectivity index (χ2n) is 4.61. The highest BCUT2D eigenvalue weighted by Gasteiger charge is 2.36. The molecule has 0 radical (unpaired) electrons. The summed E-state index contributed by atoms with van der Waals surface area (Å²) in [7, 11) is 2.81. The van der Waals surface area contributed by atoms with Gasteiger partial charge in [-0.15, -0.1) is 0 Å². The van der Waals surface area contributed by atoms with Crippen molar-refractivity contribution in [3.8, 4) is 11.5 Å². The van der Waals surface area contributed by atoms with Gasteiger partial charge in [0, 0.05) is 7.05 Å². The number of nitrogens with zero attached hydrogens (tertiary/aromatic N) is 1. The molecule has 2 N–H and O–H groups in total. The molecule has 0 saturated heterocycles. The summed E-state index contributed by atoms with van der Waals surface area (Å²) in [5.74, 6) is -1.55. The normalized spacial score (nSPS) is 10.9. The lowest BCUT2D eigenvalue weighted by atomic mass is 10.0. The molecule has 0 spiro atoms. The molecule has 0 aromatic heterocycles. The Morgan fingerprint density at radius 3 is 2.37 bits per heavy atom. The molecule has 1 rings (SSSR count). The van der Waals surface area contributed by atoms with E-state index in [9.17, 15) is 14.7 Å². The third-order valence-electron chi connectivity index (χ3n) is 3.10. The van der Waals surface area contributed by atoms with E-state index in [1.165, 1.54) is 46.2 Å². The highest BCUT2D eigenvalue weighted by atomic mass is 16.5. The standard InChI is InChI=1S/C13H17NO5/c1-13(2,12(17)18)14(3)11(16)9-7-8(19-4)5-6-10(9)15/h5-7,15H,1-4H3,(H,17,18). The van der Waals surface area contributed by atoms with Gasteiger partial charge < -0.3 is 19.8 Å². The van der Waals surface area contributed by atoms with Gasteiger partial charge in [-0.05, 0) is 32.0 Å². The molecule has 104 valence electrons. The molecule has 1 amide bonds. The van der Waals surface area contributed by atoms with Crippen LogP contribution in [0, 0.1) is 0 Å². The fourth-order valence-electron chi connectivity index (χ4n) is 1.39. The van der Waals surface area contributed by atoms with Crippen molar-refractivity contribution in [1.82, 2.24) is 4.90 Å². The third kappa shape index (κ3) is 2.78. The number of ether oxygens (including phenoxy) is 1. The Hall–Kier alpha value is -2.24. The first kappa shape index (κ1) is 14.8. The van der Waals surface area contributed by atoms with Gasteiger partial charge in [-0.2, -0.15) is 0 Å². The van der Waals surface area contributed by atoms with E-state index >= 15 is 0 Å². The number of amides is 1. The van der Waals surface area contributed by atoms with Crippen LogP contribution in [0.3, 0.4) is 0 Å². The number of aliphatic carboxylic acids is 1. The topological polar surface area (TPSA) is 87.1 Å². The van der Waals surface area contributed by atoms with Crippen LogP contribution in [0.25, 0.3) is 0 Å². The van der Waals surface area contributed by atoms with Gasteiger partial charge in [0.1, 0.15) is 17.0 Å². The number of phenolic OH excluding ortho intramolecular Hbond substituents is 1. The van der Waals surface area contributed by atoms with Gasteiger partial charge in [-0.25, -0.2) is 4.79 Å². The Bertz CT molecular complexity index is 510. The molecule has 0 saturated carbocycles. The van der Waals surface area contributed by atoms with Crippen molar-refractivity contribution in [3.05, 3.63) is 23.8 Å². The van der Waals surface area contributed by atoms with Crippen LogP contribution in [0.15, 0.2) is 18.2 Å². The van der Waals surface area contributed by atoms with Gasteiger partial charge in [0.05, 0.1) is 12.7 Å². The van der Waals surface area contributed by atoms with Crippen LogP contribution in [0.4, 0.5) is 0 Å². The van der Waals surface area contributed by atoms with Crippen molar-refractivity contribution >= 4 is 11.9 Å². The lowest BCUT2D eigenvalue weighted by molar-refractivity contribution is -0.147. The third-order valence-corrected chi connectivity index (χ3v) is 3.10. The van der Waals surface area contributed by atoms with Crippen LogP contribution >= 0.6 is 0 Å². The van der Waals surface area contributed by atoms with Gasteiger partial charge in [-0.1, -0.05) is 0 Å². The summed E-state index contributed by atoms with van der Waals surface area (Å²) in [5.41, 5.74) is -1.39. The summed E-state index contributed by atoms with van der Waals surface area (Å²) >= 11 is 0. The number of aromatic hydroxyl groups is 1. The molecule has 1 aromatic carbocycles. The number of carboxylic acids is 1. The van der Waals surface area contributed by atoms with Gasteiger partial charge in [0.15, 0.2) is 0 Å². The molecule has 1 aromatic rings. The van der Waals surface area contributed by atoms with Crippen LogP contribution in [-0.2, 0) is 4.79 Å². The Morgan fingerprint density at radius 2 is 1.89 bits per heavy atom. The minimum absolute atomic E-state index is 0.00354. The number of phenols is 1. The molecule has 0 unspecified atom stereocenters. The number of carbonyl (C=O) groups excluding carboxylic acids is 1. The number of benzene rings is 1. The van der Waals surface area contributed by atoms with E-state index < -0.39 is 17.4 Å². The molecule has 0 fully saturated rings. The predicted octanol–water partition coefficient (Wildman–Crippen LogP) is 1.34. The second kappa shape index (κ2) is 5.17. The van der Waals surface area contributed by atoms with E-state index in [1.54, 1.807) is 0 Å². The Kier molecular flexibility index (Phi) is 4.04. The number of rotatable bonds is 4. The molecule has 0 aliphatic heterocycles. The van der Waals surface area contributed by atoms with Crippen molar-refractivity contribution in [3.63, 3.8) is 0 Å². The maximum Gasteiger partial charge on any atom is 0.329 e. The monoisotopic (exact) mass is 267 g/mol. The maximum atomic E-state index is 12.2. The molecule has 0 aliphatic carbocycles. The molecular weight excluding hydrogens is 250 g/mol. The lowest BCUT2D eigenvalue weighted by Gasteiger charge is -2.31. The summed E-state index contributed by atoms with van der Waals surface area (Å²) in [6.07, 6.45) is 0. The summed E-state index contributed by atoms with van der Waals surface area (Å²) in [5, 5.41) is 18.8. The largest absolute Gasteiger partial charge is 0.507 e. The minimum Gasteiger partial charge on any atom is -0.507 e. The van der Waals surface area contributed by atoms with Gasteiger partial charge in [-0.3, -0.25) is 4.79 Å². The molecule has 0 aliphatic rings. The summed E-state index contributed by atoms with van der Waals surface area (Å²) in [6.45, 7) is 2.81. The first-order valence-corrected chi connectivity index (χ1v) is 5.60. The van der Waals surface area contributed by atoms with E-state index in [-0.39, 0.29) is 11.3 Å². The van der Waals surface area contributed by atoms with Crippen molar-refractivity contribution < 1.29 is 24.5 Å². The maximum absolute atomic E-state index is 12.2. The smallest absolute Gasteiger partial charge is 0.329 e. The fraction of sp³-hybridized carbons (Fsp3) is 0.385. The zero-order chi connectivity index (χ0) is 14.8. The number of hydrogen-bond donors (Lipinski definition) is 2. The quantitative estimate of drug-likeness (QED) is 0.859. The van der Waals surface area contributed by atoms with E-state index in [0.717, 1.165) is 4.90 Å². The minimum atomic E-state index is -1.38. The van der Waals surface area contributed by atoms with E-state index in [2.05, 4.69) is 0 Å². The average Bonchev–Trinajstić information content (AvgIpc) is 2.37. The van der Waals surface area contributed by atoms with E-state index in [4.69, 9.17) is 9.84 Å². The lowest BCUT2D eigenvalue weighted by Crippen LogP contribution is -2.50. The van der Waals surface area contributed by atoms with Crippen LogP contribution in [-0.4, -0.2) is 46.7 Å². The SMILES string of the molecule is COc1ccc(O)c(C(=O)N(C)C(C)(C)C(=O)O)c1. The van der Waals surface area contributed by atoms with Crippen LogP contribution < -0.4 is 4.74 Å². The summed E-state index contributed by atoms with van der Waals surface area (Å²) in [6, 6.07) is 4.20. The van der Waals surface area contributed by atoms with Crippen molar-refractivity contribution in [1.29, 1.82) is 0 Å². The molecule has 0 atom stereocenters. The average molecular weight is 267 g/mol. The molecule has 6 heteroatoms. The zero-order valence-corrected chi connectivity index (χ0v) is 11.3. The van der Waals surface area contributed by atoms with Crippen LogP contribution in [0.5, 0.6) is 11.5 Å². The number of hydrogen-bond acceptors (Lipinski definition) is 4. The number of methoxy groups -OCH3 is 1. The second-order valence-corrected chi connectivity index (χ2v) is 4.61. The molecule has 0 bridgehead atoms. The number of likely N-dealkylation sites (N-methyl/N-ethyl adjacent to an activating group) is 1. The molecule has 6 nitrogen and oxygen atoms in total. The van der Waals surface area contributed by atoms with Gasteiger partial charge >= 0.3 is 5.97 Å². The van der Waals surface area contributed by atoms with Crippen LogP contribution in [0.1, 0.15) is 24.2 Å². The Morgan fingerprint density at radius 1 is 1.32 bits per heavy atom. The van der Waals surface area contributed by atoms with Gasteiger partial charge in [0.25, 0.3) is 5.91 Å². The Labute approximate surface area is 111 Å². The van der Waals surface area contributed by atoms with Crippen molar-refractivity contribution in [2.45, 2.75) is 19.4 Å². The number of carboxylic acid groups (broad SMARTS) is 1. The molecular formula is C13H17NO5. The summed E-state index contributed by atoms with van der Waals surface area (Å²) < 4.78 is 4.97. The Balaban J connectivity index is 3.17. The highest BCUT2D eigenvalue weighted by molar-refractivity contribution is 5.99. The van der Waals surface area contributed by atoms with Crippen molar-refractivity contribution in [2.24, 2.45) is 0 Å². The molecule has 0 heterocycles. The van der Waals surface area contributed by atoms with Crippen molar-refractivity contribution in [2.75, 3.05) is 14.2 Å². The fourth-order valence-corrected chi connectivity index (χ4v) is 1.39.